The zero-order valence-electron chi connectivity index (χ0n) is 14.9. The Hall–Kier alpha value is -2.44. The van der Waals surface area contributed by atoms with Crippen LogP contribution in [0.25, 0.3) is 0 Å². The number of alkyl halides is 2. The molecule has 1 saturated carbocycles. The lowest BCUT2D eigenvalue weighted by atomic mass is 9.95. The van der Waals surface area contributed by atoms with Crippen molar-refractivity contribution in [3.63, 3.8) is 0 Å². The van der Waals surface area contributed by atoms with Crippen LogP contribution in [0.1, 0.15) is 60.4 Å². The summed E-state index contributed by atoms with van der Waals surface area (Å²) < 4.78 is 26.3. The highest BCUT2D eigenvalue weighted by Gasteiger charge is 2.40. The predicted molar refractivity (Wildman–Crippen MR) is 92.7 cm³/mol. The van der Waals surface area contributed by atoms with E-state index in [0.717, 1.165) is 24.0 Å². The first-order valence-electron chi connectivity index (χ1n) is 8.74. The lowest BCUT2D eigenvalue weighted by molar-refractivity contribution is -0.122. The van der Waals surface area contributed by atoms with Gasteiger partial charge in [0.2, 0.25) is 5.91 Å². The van der Waals surface area contributed by atoms with E-state index in [0.29, 0.717) is 24.4 Å². The standard InChI is InChI=1S/C19H22F2N4O/c1-12-5-8-22-11-14(12)10-16(26)25-19(6-3-4-7-19)18-23-13(2)9-15(24-18)17(20)21/h5,8-9,11,17H,3-4,6-7,10H2,1-2H3,(H,25,26). The van der Waals surface area contributed by atoms with Gasteiger partial charge in [-0.15, -0.1) is 0 Å². The first-order chi connectivity index (χ1) is 12.4. The molecule has 0 bridgehead atoms. The van der Waals surface area contributed by atoms with Crippen molar-refractivity contribution in [3.05, 3.63) is 52.9 Å². The summed E-state index contributed by atoms with van der Waals surface area (Å²) in [6.45, 7) is 3.59. The number of hydrogen-bond acceptors (Lipinski definition) is 4. The quantitative estimate of drug-likeness (QED) is 0.885. The van der Waals surface area contributed by atoms with E-state index in [-0.39, 0.29) is 18.0 Å². The van der Waals surface area contributed by atoms with Gasteiger partial charge >= 0.3 is 0 Å². The Morgan fingerprint density at radius 1 is 1.27 bits per heavy atom. The number of carbonyl (C=O) groups is 1. The van der Waals surface area contributed by atoms with Gasteiger partial charge in [0.15, 0.2) is 5.82 Å². The molecule has 1 N–H and O–H groups in total. The molecule has 0 unspecified atom stereocenters. The Balaban J connectivity index is 1.87. The van der Waals surface area contributed by atoms with Gasteiger partial charge in [-0.1, -0.05) is 12.8 Å². The molecule has 26 heavy (non-hydrogen) atoms. The van der Waals surface area contributed by atoms with Crippen molar-refractivity contribution in [2.45, 2.75) is 57.9 Å². The predicted octanol–water partition coefficient (Wildman–Crippen LogP) is 3.55. The molecule has 7 heteroatoms. The molecule has 2 aromatic rings. The molecule has 1 fully saturated rings. The van der Waals surface area contributed by atoms with Crippen LogP contribution in [0.5, 0.6) is 0 Å². The third-order valence-electron chi connectivity index (χ3n) is 4.86. The number of hydrogen-bond donors (Lipinski definition) is 1. The fourth-order valence-electron chi connectivity index (χ4n) is 3.47. The highest BCUT2D eigenvalue weighted by molar-refractivity contribution is 5.79. The first-order valence-corrected chi connectivity index (χ1v) is 8.74. The van der Waals surface area contributed by atoms with E-state index in [2.05, 4.69) is 20.3 Å². The van der Waals surface area contributed by atoms with Crippen molar-refractivity contribution in [2.75, 3.05) is 0 Å². The van der Waals surface area contributed by atoms with Gasteiger partial charge in [-0.3, -0.25) is 9.78 Å². The fourth-order valence-corrected chi connectivity index (χ4v) is 3.47. The fraction of sp³-hybridized carbons (Fsp3) is 0.474. The summed E-state index contributed by atoms with van der Waals surface area (Å²) in [5, 5.41) is 3.04. The molecule has 1 aliphatic rings. The number of halogens is 2. The number of aromatic nitrogens is 3. The summed E-state index contributed by atoms with van der Waals surface area (Å²) >= 11 is 0. The van der Waals surface area contributed by atoms with Crippen LogP contribution in [0.15, 0.2) is 24.5 Å². The van der Waals surface area contributed by atoms with E-state index in [1.54, 1.807) is 19.3 Å². The van der Waals surface area contributed by atoms with Gasteiger partial charge in [-0.05, 0) is 49.9 Å². The number of nitrogens with zero attached hydrogens (tertiary/aromatic N) is 3. The Morgan fingerprint density at radius 3 is 2.65 bits per heavy atom. The normalized spacial score (nSPS) is 16.0. The zero-order chi connectivity index (χ0) is 18.7. The lowest BCUT2D eigenvalue weighted by Crippen LogP contribution is -2.46. The van der Waals surface area contributed by atoms with Crippen molar-refractivity contribution >= 4 is 5.91 Å². The summed E-state index contributed by atoms with van der Waals surface area (Å²) in [7, 11) is 0. The molecule has 1 aliphatic carbocycles. The maximum Gasteiger partial charge on any atom is 0.280 e. The van der Waals surface area contributed by atoms with E-state index in [1.807, 2.05) is 13.0 Å². The van der Waals surface area contributed by atoms with Crippen molar-refractivity contribution in [3.8, 4) is 0 Å². The van der Waals surface area contributed by atoms with Gasteiger partial charge in [0.05, 0.1) is 12.0 Å². The minimum atomic E-state index is -2.66. The van der Waals surface area contributed by atoms with E-state index in [1.165, 1.54) is 6.07 Å². The third-order valence-corrected chi connectivity index (χ3v) is 4.86. The van der Waals surface area contributed by atoms with Gasteiger partial charge in [0, 0.05) is 18.1 Å². The first kappa shape index (κ1) is 18.4. The van der Waals surface area contributed by atoms with Crippen LogP contribution in [0, 0.1) is 13.8 Å². The molecule has 0 aliphatic heterocycles. The summed E-state index contributed by atoms with van der Waals surface area (Å²) in [5.74, 6) is 0.119. The van der Waals surface area contributed by atoms with Gasteiger partial charge in [-0.25, -0.2) is 18.7 Å². The molecule has 3 rings (SSSR count). The van der Waals surface area contributed by atoms with Crippen LogP contribution >= 0.6 is 0 Å². The summed E-state index contributed by atoms with van der Waals surface area (Å²) in [6.07, 6.45) is 3.97. The topological polar surface area (TPSA) is 67.8 Å². The highest BCUT2D eigenvalue weighted by Crippen LogP contribution is 2.37. The van der Waals surface area contributed by atoms with Crippen LogP contribution in [0.2, 0.25) is 0 Å². The van der Waals surface area contributed by atoms with Gasteiger partial charge < -0.3 is 5.32 Å². The van der Waals surface area contributed by atoms with Crippen LogP contribution in [-0.4, -0.2) is 20.9 Å². The zero-order valence-corrected chi connectivity index (χ0v) is 14.9. The molecule has 0 atom stereocenters. The Kier molecular flexibility index (Phi) is 5.25. The molecule has 0 saturated heterocycles. The van der Waals surface area contributed by atoms with Crippen LogP contribution < -0.4 is 5.32 Å². The molecule has 2 aromatic heterocycles. The van der Waals surface area contributed by atoms with Crippen molar-refractivity contribution in [2.24, 2.45) is 0 Å². The summed E-state index contributed by atoms with van der Waals surface area (Å²) in [6, 6.07) is 3.14. The smallest absolute Gasteiger partial charge is 0.280 e. The molecule has 5 nitrogen and oxygen atoms in total. The number of pyridine rings is 1. The average Bonchev–Trinajstić information content (AvgIpc) is 3.06. The largest absolute Gasteiger partial charge is 0.343 e. The maximum absolute atomic E-state index is 13.1. The Morgan fingerprint density at radius 2 is 2.00 bits per heavy atom. The minimum Gasteiger partial charge on any atom is -0.343 e. The Bertz CT molecular complexity index is 804. The van der Waals surface area contributed by atoms with Gasteiger partial charge in [0.25, 0.3) is 6.43 Å². The van der Waals surface area contributed by atoms with Crippen molar-refractivity contribution < 1.29 is 13.6 Å². The second-order valence-corrected chi connectivity index (χ2v) is 6.87. The van der Waals surface area contributed by atoms with Crippen LogP contribution in [0.3, 0.4) is 0 Å². The Labute approximate surface area is 151 Å². The van der Waals surface area contributed by atoms with Crippen LogP contribution in [0.4, 0.5) is 8.78 Å². The van der Waals surface area contributed by atoms with Crippen molar-refractivity contribution in [1.29, 1.82) is 0 Å². The monoisotopic (exact) mass is 360 g/mol. The number of amides is 1. The number of nitrogens with one attached hydrogen (secondary N) is 1. The maximum atomic E-state index is 13.1. The molecule has 1 amide bonds. The molecule has 138 valence electrons. The second-order valence-electron chi connectivity index (χ2n) is 6.87. The highest BCUT2D eigenvalue weighted by atomic mass is 19.3. The van der Waals surface area contributed by atoms with E-state index in [9.17, 15) is 13.6 Å². The van der Waals surface area contributed by atoms with Crippen LogP contribution in [-0.2, 0) is 16.8 Å². The number of aryl methyl sites for hydroxylation is 2. The molecule has 0 spiro atoms. The van der Waals surface area contributed by atoms with Crippen molar-refractivity contribution in [1.82, 2.24) is 20.3 Å². The molecular weight excluding hydrogens is 338 g/mol. The van der Waals surface area contributed by atoms with E-state index in [4.69, 9.17) is 0 Å². The SMILES string of the molecule is Cc1cc(C(F)F)nc(C2(NC(=O)Cc3cnccc3C)CCCC2)n1. The number of rotatable bonds is 5. The van der Waals surface area contributed by atoms with E-state index < -0.39 is 12.0 Å². The van der Waals surface area contributed by atoms with Gasteiger partial charge in [-0.2, -0.15) is 0 Å². The summed E-state index contributed by atoms with van der Waals surface area (Å²) in [4.78, 5) is 25.2. The molecule has 0 aromatic carbocycles. The summed E-state index contributed by atoms with van der Waals surface area (Å²) in [5.41, 5.74) is 1.24. The number of carbonyl (C=O) groups excluding carboxylic acids is 1. The van der Waals surface area contributed by atoms with Gasteiger partial charge in [0.1, 0.15) is 5.69 Å². The second kappa shape index (κ2) is 7.43. The molecular formula is C19H22F2N4O. The average molecular weight is 360 g/mol. The lowest BCUT2D eigenvalue weighted by Gasteiger charge is -2.29. The minimum absolute atomic E-state index is 0.174. The molecule has 2 heterocycles. The molecule has 0 radical (unpaired) electrons. The third kappa shape index (κ3) is 3.86. The van der Waals surface area contributed by atoms with E-state index >= 15 is 0 Å².